The van der Waals surface area contributed by atoms with E-state index in [1.165, 1.54) is 0 Å². The van der Waals surface area contributed by atoms with Crippen LogP contribution in [0.3, 0.4) is 0 Å². The van der Waals surface area contributed by atoms with Crippen LogP contribution in [0.2, 0.25) is 5.02 Å². The molecular formula is C13H19ClN2O. The van der Waals surface area contributed by atoms with Crippen molar-refractivity contribution >= 4 is 11.6 Å². The number of halogens is 1. The lowest BCUT2D eigenvalue weighted by molar-refractivity contribution is 0.0311. The Kier molecular flexibility index (Phi) is 4.05. The number of nitrogens with zero attached hydrogens (tertiary/aromatic N) is 1. The summed E-state index contributed by atoms with van der Waals surface area (Å²) in [7, 11) is 0. The summed E-state index contributed by atoms with van der Waals surface area (Å²) in [5.74, 6) is 0. The van der Waals surface area contributed by atoms with Crippen molar-refractivity contribution in [3.63, 3.8) is 0 Å². The SMILES string of the molecule is CC(CO)(c1ccc(Cl)cc1)N1CCNCC1. The normalized spacial score (nSPS) is 21.1. The first-order chi connectivity index (χ1) is 8.16. The van der Waals surface area contributed by atoms with Gasteiger partial charge in [-0.05, 0) is 24.6 Å². The number of benzene rings is 1. The predicted octanol–water partition coefficient (Wildman–Crippen LogP) is 1.45. The van der Waals surface area contributed by atoms with E-state index in [1.807, 2.05) is 24.3 Å². The van der Waals surface area contributed by atoms with Gasteiger partial charge in [0.05, 0.1) is 12.1 Å². The Bertz CT molecular complexity index is 362. The lowest BCUT2D eigenvalue weighted by atomic mass is 9.90. The van der Waals surface area contributed by atoms with Gasteiger partial charge in [-0.15, -0.1) is 0 Å². The molecule has 3 nitrogen and oxygen atoms in total. The van der Waals surface area contributed by atoms with Crippen molar-refractivity contribution in [2.24, 2.45) is 0 Å². The lowest BCUT2D eigenvalue weighted by Gasteiger charge is -2.42. The Morgan fingerprint density at radius 1 is 1.29 bits per heavy atom. The van der Waals surface area contributed by atoms with Crippen molar-refractivity contribution in [1.29, 1.82) is 0 Å². The molecule has 0 bridgehead atoms. The van der Waals surface area contributed by atoms with E-state index in [0.717, 1.165) is 36.8 Å². The standard InChI is InChI=1S/C13H19ClN2O/c1-13(10-17,16-8-6-15-7-9-16)11-2-4-12(14)5-3-11/h2-5,15,17H,6-10H2,1H3. The van der Waals surface area contributed by atoms with Crippen LogP contribution >= 0.6 is 11.6 Å². The predicted molar refractivity (Wildman–Crippen MR) is 70.3 cm³/mol. The third-order valence-corrected chi connectivity index (χ3v) is 3.84. The summed E-state index contributed by atoms with van der Waals surface area (Å²) in [5, 5.41) is 13.8. The number of piperazine rings is 1. The molecule has 1 fully saturated rings. The molecule has 1 unspecified atom stereocenters. The molecule has 1 aliphatic rings. The summed E-state index contributed by atoms with van der Waals surface area (Å²) < 4.78 is 0. The van der Waals surface area contributed by atoms with Gasteiger partial charge >= 0.3 is 0 Å². The van der Waals surface area contributed by atoms with Crippen LogP contribution in [-0.2, 0) is 5.54 Å². The van der Waals surface area contributed by atoms with E-state index in [-0.39, 0.29) is 12.1 Å². The summed E-state index contributed by atoms with van der Waals surface area (Å²) in [5.41, 5.74) is 0.804. The van der Waals surface area contributed by atoms with Crippen molar-refractivity contribution in [2.45, 2.75) is 12.5 Å². The molecule has 17 heavy (non-hydrogen) atoms. The maximum Gasteiger partial charge on any atom is 0.0666 e. The van der Waals surface area contributed by atoms with Crippen LogP contribution in [-0.4, -0.2) is 42.8 Å². The van der Waals surface area contributed by atoms with Gasteiger partial charge in [0.2, 0.25) is 0 Å². The number of nitrogens with one attached hydrogen (secondary N) is 1. The van der Waals surface area contributed by atoms with Gasteiger partial charge < -0.3 is 10.4 Å². The van der Waals surface area contributed by atoms with Crippen LogP contribution in [0.15, 0.2) is 24.3 Å². The van der Waals surface area contributed by atoms with E-state index in [2.05, 4.69) is 17.1 Å². The minimum Gasteiger partial charge on any atom is -0.394 e. The maximum atomic E-state index is 9.77. The summed E-state index contributed by atoms with van der Waals surface area (Å²) >= 11 is 5.90. The molecule has 4 heteroatoms. The van der Waals surface area contributed by atoms with Crippen molar-refractivity contribution in [3.8, 4) is 0 Å². The maximum absolute atomic E-state index is 9.77. The van der Waals surface area contributed by atoms with Gasteiger partial charge in [0.15, 0.2) is 0 Å². The zero-order valence-electron chi connectivity index (χ0n) is 10.1. The largest absolute Gasteiger partial charge is 0.394 e. The van der Waals surface area contributed by atoms with Gasteiger partial charge in [-0.1, -0.05) is 23.7 Å². The van der Waals surface area contributed by atoms with Gasteiger partial charge in [0.1, 0.15) is 0 Å². The van der Waals surface area contributed by atoms with Crippen LogP contribution in [0.25, 0.3) is 0 Å². The highest BCUT2D eigenvalue weighted by molar-refractivity contribution is 6.30. The average Bonchev–Trinajstić information content (AvgIpc) is 2.40. The van der Waals surface area contributed by atoms with Crippen LogP contribution < -0.4 is 5.32 Å². The Labute approximate surface area is 107 Å². The number of hydrogen-bond acceptors (Lipinski definition) is 3. The lowest BCUT2D eigenvalue weighted by Crippen LogP contribution is -2.54. The minimum atomic E-state index is -0.313. The fourth-order valence-corrected chi connectivity index (χ4v) is 2.47. The number of hydrogen-bond donors (Lipinski definition) is 2. The fraction of sp³-hybridized carbons (Fsp3) is 0.538. The van der Waals surface area contributed by atoms with Crippen LogP contribution in [0.1, 0.15) is 12.5 Å². The first-order valence-corrected chi connectivity index (χ1v) is 6.37. The first kappa shape index (κ1) is 12.8. The van der Waals surface area contributed by atoms with Gasteiger partial charge in [0, 0.05) is 31.2 Å². The highest BCUT2D eigenvalue weighted by atomic mass is 35.5. The second-order valence-electron chi connectivity index (χ2n) is 4.68. The zero-order valence-corrected chi connectivity index (χ0v) is 10.9. The highest BCUT2D eigenvalue weighted by Gasteiger charge is 2.33. The number of rotatable bonds is 3. The molecule has 1 atom stereocenters. The minimum absolute atomic E-state index is 0.120. The molecular weight excluding hydrogens is 236 g/mol. The molecule has 1 aliphatic heterocycles. The zero-order chi connectivity index (χ0) is 12.3. The van der Waals surface area contributed by atoms with E-state index < -0.39 is 0 Å². The Hall–Kier alpha value is -0.610. The van der Waals surface area contributed by atoms with E-state index in [1.54, 1.807) is 0 Å². The smallest absolute Gasteiger partial charge is 0.0666 e. The van der Waals surface area contributed by atoms with E-state index >= 15 is 0 Å². The molecule has 1 aromatic carbocycles. The monoisotopic (exact) mass is 254 g/mol. The topological polar surface area (TPSA) is 35.5 Å². The molecule has 0 saturated carbocycles. The molecule has 94 valence electrons. The van der Waals surface area contributed by atoms with E-state index in [0.29, 0.717) is 0 Å². The highest BCUT2D eigenvalue weighted by Crippen LogP contribution is 2.29. The van der Waals surface area contributed by atoms with Crippen LogP contribution in [0.4, 0.5) is 0 Å². The fourth-order valence-electron chi connectivity index (χ4n) is 2.34. The number of aliphatic hydroxyl groups is 1. The van der Waals surface area contributed by atoms with Gasteiger partial charge in [-0.2, -0.15) is 0 Å². The van der Waals surface area contributed by atoms with Crippen LogP contribution in [0.5, 0.6) is 0 Å². The molecule has 1 aromatic rings. The third-order valence-electron chi connectivity index (χ3n) is 3.59. The van der Waals surface area contributed by atoms with Crippen molar-refractivity contribution < 1.29 is 5.11 Å². The molecule has 0 aliphatic carbocycles. The van der Waals surface area contributed by atoms with E-state index in [4.69, 9.17) is 11.6 Å². The van der Waals surface area contributed by atoms with E-state index in [9.17, 15) is 5.11 Å². The summed E-state index contributed by atoms with van der Waals surface area (Å²) in [6.45, 7) is 6.07. The molecule has 0 amide bonds. The van der Waals surface area contributed by atoms with Crippen molar-refractivity contribution in [3.05, 3.63) is 34.9 Å². The van der Waals surface area contributed by atoms with Crippen molar-refractivity contribution in [2.75, 3.05) is 32.8 Å². The molecule has 0 spiro atoms. The quantitative estimate of drug-likeness (QED) is 0.857. The molecule has 1 saturated heterocycles. The molecule has 0 aromatic heterocycles. The van der Waals surface area contributed by atoms with Crippen molar-refractivity contribution in [1.82, 2.24) is 10.2 Å². The Morgan fingerprint density at radius 2 is 1.88 bits per heavy atom. The second kappa shape index (κ2) is 5.36. The Morgan fingerprint density at radius 3 is 2.41 bits per heavy atom. The van der Waals surface area contributed by atoms with Gasteiger partial charge in [0.25, 0.3) is 0 Å². The Balaban J connectivity index is 2.25. The molecule has 2 rings (SSSR count). The third kappa shape index (κ3) is 2.63. The molecule has 0 radical (unpaired) electrons. The second-order valence-corrected chi connectivity index (χ2v) is 5.11. The summed E-state index contributed by atoms with van der Waals surface area (Å²) in [6, 6.07) is 7.77. The van der Waals surface area contributed by atoms with Gasteiger partial charge in [-0.25, -0.2) is 0 Å². The summed E-state index contributed by atoms with van der Waals surface area (Å²) in [4.78, 5) is 2.33. The summed E-state index contributed by atoms with van der Waals surface area (Å²) in [6.07, 6.45) is 0. The van der Waals surface area contributed by atoms with Gasteiger partial charge in [-0.3, -0.25) is 4.90 Å². The molecule has 1 heterocycles. The first-order valence-electron chi connectivity index (χ1n) is 5.99. The number of aliphatic hydroxyl groups excluding tert-OH is 1. The van der Waals surface area contributed by atoms with Crippen LogP contribution in [0, 0.1) is 0 Å². The average molecular weight is 255 g/mol. The molecule has 2 N–H and O–H groups in total.